The number of carboxylic acid groups (broad SMARTS) is 1. The van der Waals surface area contributed by atoms with Crippen molar-refractivity contribution >= 4 is 37.4 Å². The van der Waals surface area contributed by atoms with Gasteiger partial charge < -0.3 is 9.84 Å². The van der Waals surface area contributed by atoms with Crippen LogP contribution in [-0.4, -0.2) is 47.3 Å². The third-order valence-corrected chi connectivity index (χ3v) is 7.65. The number of carbonyl (C=O) groups is 1. The SMILES string of the molecule is COc1ccc(CC(=O)O)cc1S(=O)(=O)Nc1ccc(N2CCCS2(=O)=O)cc1. The molecule has 1 heterocycles. The van der Waals surface area contributed by atoms with Crippen molar-refractivity contribution in [2.24, 2.45) is 0 Å². The first-order valence-electron chi connectivity index (χ1n) is 8.64. The maximum absolute atomic E-state index is 12.8. The second-order valence-corrected chi connectivity index (χ2v) is 10.1. The zero-order valence-corrected chi connectivity index (χ0v) is 17.2. The molecule has 2 N–H and O–H groups in total. The van der Waals surface area contributed by atoms with Gasteiger partial charge in [-0.2, -0.15) is 0 Å². The van der Waals surface area contributed by atoms with E-state index in [9.17, 15) is 21.6 Å². The molecule has 0 saturated carbocycles. The van der Waals surface area contributed by atoms with Crippen molar-refractivity contribution < 1.29 is 31.5 Å². The van der Waals surface area contributed by atoms with Gasteiger partial charge in [-0.15, -0.1) is 0 Å². The van der Waals surface area contributed by atoms with Crippen molar-refractivity contribution in [2.75, 3.05) is 28.4 Å². The Morgan fingerprint density at radius 1 is 1.21 bits per heavy atom. The summed E-state index contributed by atoms with van der Waals surface area (Å²) in [5, 5.41) is 8.93. The maximum Gasteiger partial charge on any atom is 0.307 e. The van der Waals surface area contributed by atoms with Gasteiger partial charge in [0.25, 0.3) is 10.0 Å². The van der Waals surface area contributed by atoms with Crippen LogP contribution in [0.15, 0.2) is 47.4 Å². The summed E-state index contributed by atoms with van der Waals surface area (Å²) in [6, 6.07) is 10.1. The van der Waals surface area contributed by atoms with E-state index in [1.54, 1.807) is 0 Å². The van der Waals surface area contributed by atoms with Gasteiger partial charge in [0, 0.05) is 12.2 Å². The number of rotatable bonds is 7. The fraction of sp³-hybridized carbons (Fsp3) is 0.278. The number of nitrogens with zero attached hydrogens (tertiary/aromatic N) is 1. The Morgan fingerprint density at radius 2 is 1.90 bits per heavy atom. The summed E-state index contributed by atoms with van der Waals surface area (Å²) >= 11 is 0. The van der Waals surface area contributed by atoms with E-state index in [0.29, 0.717) is 24.2 Å². The Kier molecular flexibility index (Phi) is 5.71. The van der Waals surface area contributed by atoms with Gasteiger partial charge in [-0.25, -0.2) is 16.8 Å². The van der Waals surface area contributed by atoms with Gasteiger partial charge >= 0.3 is 5.97 Å². The lowest BCUT2D eigenvalue weighted by atomic mass is 10.1. The predicted octanol–water partition coefficient (Wildman–Crippen LogP) is 1.66. The molecule has 0 aliphatic carbocycles. The minimum atomic E-state index is -4.07. The zero-order chi connectivity index (χ0) is 21.2. The Labute approximate surface area is 169 Å². The zero-order valence-electron chi connectivity index (χ0n) is 15.5. The molecule has 0 radical (unpaired) electrons. The predicted molar refractivity (Wildman–Crippen MR) is 107 cm³/mol. The van der Waals surface area contributed by atoms with Crippen LogP contribution >= 0.6 is 0 Å². The number of hydrogen-bond acceptors (Lipinski definition) is 6. The molecule has 0 atom stereocenters. The van der Waals surface area contributed by atoms with Crippen LogP contribution in [0.1, 0.15) is 12.0 Å². The van der Waals surface area contributed by atoms with E-state index in [2.05, 4.69) is 4.72 Å². The Balaban J connectivity index is 1.87. The summed E-state index contributed by atoms with van der Waals surface area (Å²) in [5.74, 6) is -0.918. The number of carboxylic acids is 1. The molecule has 0 bridgehead atoms. The van der Waals surface area contributed by atoms with Crippen LogP contribution in [0.3, 0.4) is 0 Å². The van der Waals surface area contributed by atoms with E-state index < -0.39 is 26.0 Å². The molecule has 9 nitrogen and oxygen atoms in total. The molecule has 1 aliphatic rings. The molecule has 1 saturated heterocycles. The van der Waals surface area contributed by atoms with Crippen molar-refractivity contribution in [2.45, 2.75) is 17.7 Å². The van der Waals surface area contributed by atoms with Crippen LogP contribution in [0.4, 0.5) is 11.4 Å². The highest BCUT2D eigenvalue weighted by Crippen LogP contribution is 2.29. The molecule has 11 heteroatoms. The van der Waals surface area contributed by atoms with E-state index in [0.717, 1.165) is 0 Å². The molecule has 29 heavy (non-hydrogen) atoms. The van der Waals surface area contributed by atoms with Crippen molar-refractivity contribution in [1.82, 2.24) is 0 Å². The van der Waals surface area contributed by atoms with E-state index in [4.69, 9.17) is 9.84 Å². The lowest BCUT2D eigenvalue weighted by Gasteiger charge is -2.17. The minimum absolute atomic E-state index is 0.0754. The van der Waals surface area contributed by atoms with E-state index in [1.165, 1.54) is 53.9 Å². The quantitative estimate of drug-likeness (QED) is 0.670. The number of ether oxygens (including phenoxy) is 1. The average Bonchev–Trinajstić information content (AvgIpc) is 3.00. The highest BCUT2D eigenvalue weighted by molar-refractivity contribution is 7.93. The van der Waals surface area contributed by atoms with Crippen LogP contribution in [0, 0.1) is 0 Å². The molecule has 2 aromatic carbocycles. The molecule has 2 aromatic rings. The maximum atomic E-state index is 12.8. The molecular weight excluding hydrogens is 420 g/mol. The van der Waals surface area contributed by atoms with Crippen LogP contribution in [0.25, 0.3) is 0 Å². The molecule has 0 spiro atoms. The standard InChI is InChI=1S/C18H20N2O7S2/c1-27-16-8-3-13(12-18(21)22)11-17(16)29(25,26)19-14-4-6-15(7-5-14)20-9-2-10-28(20,23)24/h3-8,11,19H,2,9-10,12H2,1H3,(H,21,22). The van der Waals surface area contributed by atoms with Gasteiger partial charge in [0.1, 0.15) is 10.6 Å². The number of anilines is 2. The Morgan fingerprint density at radius 3 is 2.45 bits per heavy atom. The van der Waals surface area contributed by atoms with E-state index in [-0.39, 0.29) is 28.5 Å². The van der Waals surface area contributed by atoms with Crippen molar-refractivity contribution in [3.63, 3.8) is 0 Å². The van der Waals surface area contributed by atoms with Gasteiger partial charge in [-0.1, -0.05) is 6.07 Å². The Hall–Kier alpha value is -2.79. The van der Waals surface area contributed by atoms with Gasteiger partial charge in [-0.3, -0.25) is 13.8 Å². The Bertz CT molecular complexity index is 1130. The summed E-state index contributed by atoms with van der Waals surface area (Å²) in [6.45, 7) is 0.390. The highest BCUT2D eigenvalue weighted by atomic mass is 32.2. The highest BCUT2D eigenvalue weighted by Gasteiger charge is 2.28. The third-order valence-electron chi connectivity index (χ3n) is 4.38. The molecule has 1 fully saturated rings. The first-order valence-corrected chi connectivity index (χ1v) is 11.7. The molecule has 0 amide bonds. The van der Waals surface area contributed by atoms with E-state index >= 15 is 0 Å². The molecular formula is C18H20N2O7S2. The normalized spacial score (nSPS) is 15.8. The smallest absolute Gasteiger partial charge is 0.307 e. The van der Waals surface area contributed by atoms with Crippen LogP contribution in [0.5, 0.6) is 5.75 Å². The van der Waals surface area contributed by atoms with E-state index in [1.807, 2.05) is 0 Å². The fourth-order valence-electron chi connectivity index (χ4n) is 3.05. The lowest BCUT2D eigenvalue weighted by molar-refractivity contribution is -0.136. The van der Waals surface area contributed by atoms with Crippen LogP contribution in [-0.2, 0) is 31.3 Å². The van der Waals surface area contributed by atoms with Gasteiger partial charge in [0.2, 0.25) is 10.0 Å². The summed E-state index contributed by atoms with van der Waals surface area (Å²) in [4.78, 5) is 10.7. The number of benzene rings is 2. The number of hydrogen-bond donors (Lipinski definition) is 2. The topological polar surface area (TPSA) is 130 Å². The van der Waals surface area contributed by atoms with Crippen molar-refractivity contribution in [3.8, 4) is 5.75 Å². The van der Waals surface area contributed by atoms with Gasteiger partial charge in [-0.05, 0) is 48.4 Å². The fourth-order valence-corrected chi connectivity index (χ4v) is 5.89. The van der Waals surface area contributed by atoms with Gasteiger partial charge in [0.15, 0.2) is 0 Å². The second-order valence-electron chi connectivity index (χ2n) is 6.45. The van der Waals surface area contributed by atoms with Gasteiger partial charge in [0.05, 0.1) is 25.0 Å². The molecule has 0 aromatic heterocycles. The first-order chi connectivity index (χ1) is 13.6. The molecule has 3 rings (SSSR count). The number of aliphatic carboxylic acids is 1. The largest absolute Gasteiger partial charge is 0.495 e. The monoisotopic (exact) mass is 440 g/mol. The average molecular weight is 440 g/mol. The summed E-state index contributed by atoms with van der Waals surface area (Å²) in [5.41, 5.74) is 1.01. The van der Waals surface area contributed by atoms with Crippen molar-refractivity contribution in [3.05, 3.63) is 48.0 Å². The number of nitrogens with one attached hydrogen (secondary N) is 1. The van der Waals surface area contributed by atoms with Crippen molar-refractivity contribution in [1.29, 1.82) is 0 Å². The number of sulfonamides is 2. The summed E-state index contributed by atoms with van der Waals surface area (Å²) in [6.07, 6.45) is 0.217. The van der Waals surface area contributed by atoms with Crippen LogP contribution in [0.2, 0.25) is 0 Å². The molecule has 1 aliphatic heterocycles. The third kappa shape index (κ3) is 4.62. The summed E-state index contributed by atoms with van der Waals surface area (Å²) < 4.78 is 58.4. The minimum Gasteiger partial charge on any atom is -0.495 e. The molecule has 0 unspecified atom stereocenters. The summed E-state index contributed by atoms with van der Waals surface area (Å²) in [7, 11) is -6.08. The lowest BCUT2D eigenvalue weighted by Crippen LogP contribution is -2.25. The van der Waals surface area contributed by atoms with Crippen LogP contribution < -0.4 is 13.8 Å². The second kappa shape index (κ2) is 7.91. The first kappa shape index (κ1) is 20.9. The molecule has 156 valence electrons. The number of methoxy groups -OCH3 is 1.